The molecule has 0 radical (unpaired) electrons. The van der Waals surface area contributed by atoms with E-state index in [1.807, 2.05) is 0 Å². The second-order valence-electron chi connectivity index (χ2n) is 27.7. The molecular formula is C78H101F3N8O18. The van der Waals surface area contributed by atoms with Gasteiger partial charge in [0.15, 0.2) is 29.5 Å². The molecule has 8 heterocycles. The number of ketones is 2. The van der Waals surface area contributed by atoms with E-state index in [9.17, 15) is 81.2 Å². The highest BCUT2D eigenvalue weighted by Gasteiger charge is 2.47. The molecule has 582 valence electrons. The number of Topliss-reactive ketones (excluding diaryl/α,β-unsaturated/α-hetero) is 2. The molecule has 0 fully saturated rings. The number of aliphatic hydroxyl groups is 3. The first-order valence-corrected chi connectivity index (χ1v) is 35.5. The molecule has 0 bridgehead atoms. The van der Waals surface area contributed by atoms with Crippen LogP contribution in [-0.4, -0.2) is 133 Å². The number of esters is 3. The van der Waals surface area contributed by atoms with E-state index in [-0.39, 0.29) is 159 Å². The number of fused-ring (bicyclic) bond motifs is 10. The number of carbonyl (C=O) groups excluding carboxylic acids is 9. The number of aliphatic hydroxyl groups excluding tert-OH is 1. The van der Waals surface area contributed by atoms with E-state index < -0.39 is 66.0 Å². The lowest BCUT2D eigenvalue weighted by atomic mass is 9.86. The van der Waals surface area contributed by atoms with Gasteiger partial charge in [-0.25, -0.2) is 28.3 Å². The summed E-state index contributed by atoms with van der Waals surface area (Å²) in [6.07, 6.45) is 4.00. The molecule has 10 rings (SSSR count). The fourth-order valence-electron chi connectivity index (χ4n) is 12.9. The molecule has 4 aliphatic rings. The highest BCUT2D eigenvalue weighted by atomic mass is 19.1. The Hall–Kier alpha value is -9.58. The van der Waals surface area contributed by atoms with E-state index in [0.29, 0.717) is 90.2 Å². The van der Waals surface area contributed by atoms with Crippen molar-refractivity contribution in [3.05, 3.63) is 124 Å². The number of cyclic esters (lactones) is 2. The van der Waals surface area contributed by atoms with Gasteiger partial charge in [-0.1, -0.05) is 62.8 Å². The predicted molar refractivity (Wildman–Crippen MR) is 391 cm³/mol. The summed E-state index contributed by atoms with van der Waals surface area (Å²) in [6.45, 7) is 21.6. The van der Waals surface area contributed by atoms with Gasteiger partial charge in [-0.2, -0.15) is 0 Å². The summed E-state index contributed by atoms with van der Waals surface area (Å²) in [5, 5.41) is 43.4. The summed E-state index contributed by atoms with van der Waals surface area (Å²) in [6, 6.07) is 8.32. The van der Waals surface area contributed by atoms with Gasteiger partial charge in [0, 0.05) is 102 Å². The highest BCUT2D eigenvalue weighted by molar-refractivity contribution is 5.95. The average Bonchev–Trinajstić information content (AvgIpc) is 1.55. The van der Waals surface area contributed by atoms with Crippen molar-refractivity contribution in [1.29, 1.82) is 0 Å². The Bertz CT molecular complexity index is 4540. The number of carbonyl (C=O) groups is 9. The van der Waals surface area contributed by atoms with Gasteiger partial charge in [-0.05, 0) is 126 Å². The standard InChI is InChI=1S/C37H45FN4O8.C25H25FN2O5.C14H24N2O5.CH3F.CH4/c1-7-37(48)27-14-30-32-25(16-42(30)35(46)26(27)17-50-36(37)47)23(24-12-20(4)28(38)15-29(24)41-32)10-8-9-11-49-18-39-34(45)21(5)13-31(43)22(6)40-33(44)19(2)3;1-3-25(32)18-9-21-22-16(11-28(21)23(30)17(18)12-33-24(25)31)14(6-4-5-7-29)15-8-13(2)19(26)10-20(15)27-22;1-8(2)13(19)16-10(4)12(18)6-9(3)14(20)15-7-21-11(5)17;1-2;/h12,14-15,19,21-22,48H,7-11,13,16-18H2,1-6H3,(H,39,45)(H,40,44);8-10,29,32H,3-7,11-12H2,1-2H3;8-10H,6-7H2,1-5H3,(H,15,20)(H,16,19);1H3;1H4/t21-,22+,37+;25-;9-,10+;;/m101../s1/i;;;1D;. The van der Waals surface area contributed by atoms with Gasteiger partial charge >= 0.3 is 17.9 Å². The van der Waals surface area contributed by atoms with Gasteiger partial charge < -0.3 is 64.7 Å². The molecule has 0 aliphatic carbocycles. The molecule has 4 amide bonds. The first-order valence-electron chi connectivity index (χ1n) is 36.2. The van der Waals surface area contributed by atoms with Crippen LogP contribution in [0, 0.1) is 49.2 Å². The van der Waals surface area contributed by atoms with Crippen LogP contribution in [0.5, 0.6) is 0 Å². The predicted octanol–water partition coefficient (Wildman–Crippen LogP) is 8.14. The third kappa shape index (κ3) is 19.2. The summed E-state index contributed by atoms with van der Waals surface area (Å²) in [5.74, 6) is -6.02. The van der Waals surface area contributed by atoms with Gasteiger partial charge in [0.2, 0.25) is 23.6 Å². The van der Waals surface area contributed by atoms with Gasteiger partial charge in [0.05, 0.1) is 78.6 Å². The summed E-state index contributed by atoms with van der Waals surface area (Å²) >= 11 is 0. The van der Waals surface area contributed by atoms with Crippen LogP contribution in [0.4, 0.5) is 13.2 Å². The Morgan fingerprint density at radius 1 is 0.607 bits per heavy atom. The molecule has 29 heteroatoms. The molecule has 4 aromatic heterocycles. The first-order chi connectivity index (χ1) is 50.5. The van der Waals surface area contributed by atoms with Crippen molar-refractivity contribution < 1.29 is 92.0 Å². The molecule has 6 aromatic rings. The Labute approximate surface area is 620 Å². The van der Waals surface area contributed by atoms with Gasteiger partial charge in [0.1, 0.15) is 31.6 Å². The number of nitrogens with zero attached hydrogens (tertiary/aromatic N) is 4. The highest BCUT2D eigenvalue weighted by Crippen LogP contribution is 2.43. The van der Waals surface area contributed by atoms with Crippen molar-refractivity contribution in [2.24, 2.45) is 23.7 Å². The Morgan fingerprint density at radius 3 is 1.37 bits per heavy atom. The number of aryl methyl sites for hydroxylation is 4. The van der Waals surface area contributed by atoms with Crippen molar-refractivity contribution in [2.75, 3.05) is 33.8 Å². The number of hydrogen-bond acceptors (Lipinski definition) is 20. The van der Waals surface area contributed by atoms with Crippen LogP contribution < -0.4 is 32.4 Å². The number of unbranched alkanes of at least 4 members (excludes halogenated alkanes) is 2. The van der Waals surface area contributed by atoms with Crippen LogP contribution in [0.1, 0.15) is 192 Å². The SMILES string of the molecule is C.CC(=O)OCNC(=O)[C@H](C)CC(=O)[C@H](C)NC(=O)C(C)C.CC[C@@]1(O)C(=O)OCc2c1cc1n(c2=O)Cc2c-1nc1cc(F)c(C)cc1c2CCCCO.CC[C@@]1(O)C(=O)OCc2c1cc1n(c2=O)Cc2c-1nc1cc(F)c(C)cc1c2CCCCOCNC(=O)[C@H](C)CC(=O)[C@H](C)NC(=O)C(C)C.[2H]CF. The maximum Gasteiger partial charge on any atom is 0.343 e. The normalized spacial score (nSPS) is 16.7. The van der Waals surface area contributed by atoms with E-state index in [0.717, 1.165) is 39.4 Å². The number of alkyl halides is 1. The smallest absolute Gasteiger partial charge is 0.343 e. The topological polar surface area (TPSA) is 369 Å². The number of hydrogen-bond donors (Lipinski definition) is 7. The molecule has 0 unspecified atom stereocenters. The third-order valence-electron chi connectivity index (χ3n) is 19.5. The van der Waals surface area contributed by atoms with E-state index in [2.05, 4.69) is 26.0 Å². The minimum absolute atomic E-state index is 0. The summed E-state index contributed by atoms with van der Waals surface area (Å²) < 4.78 is 68.4. The van der Waals surface area contributed by atoms with Crippen molar-refractivity contribution >= 4 is 74.9 Å². The fourth-order valence-corrected chi connectivity index (χ4v) is 12.9. The molecule has 4 aliphatic heterocycles. The molecule has 6 atom stereocenters. The summed E-state index contributed by atoms with van der Waals surface area (Å²) in [5.41, 5.74) is 3.97. The summed E-state index contributed by atoms with van der Waals surface area (Å²) in [7, 11) is -1.00. The van der Waals surface area contributed by atoms with Crippen LogP contribution in [0.15, 0.2) is 46.0 Å². The largest absolute Gasteiger partial charge is 0.458 e. The number of rotatable bonds is 27. The number of amides is 4. The molecule has 7 N–H and O–H groups in total. The Balaban J connectivity index is 0.000000270. The van der Waals surface area contributed by atoms with Crippen LogP contribution in [0.3, 0.4) is 0 Å². The van der Waals surface area contributed by atoms with Crippen LogP contribution >= 0.6 is 0 Å². The first kappa shape index (κ1) is 84.7. The maximum atomic E-state index is 14.8. The Morgan fingerprint density at radius 2 is 1.00 bits per heavy atom. The maximum absolute atomic E-state index is 14.8. The number of nitrogens with one attached hydrogen (secondary N) is 4. The minimum Gasteiger partial charge on any atom is -0.458 e. The van der Waals surface area contributed by atoms with Gasteiger partial charge in [-0.15, -0.1) is 0 Å². The van der Waals surface area contributed by atoms with Crippen LogP contribution in [0.25, 0.3) is 44.6 Å². The lowest BCUT2D eigenvalue weighted by molar-refractivity contribution is -0.172. The van der Waals surface area contributed by atoms with E-state index >= 15 is 0 Å². The van der Waals surface area contributed by atoms with Crippen molar-refractivity contribution in [2.45, 2.75) is 211 Å². The zero-order valence-corrected chi connectivity index (χ0v) is 62.3. The van der Waals surface area contributed by atoms with E-state index in [1.54, 1.807) is 116 Å². The second-order valence-corrected chi connectivity index (χ2v) is 27.7. The Kier molecular flexibility index (Phi) is 29.5. The molecule has 26 nitrogen and oxygen atoms in total. The average molecular weight is 1500 g/mol. The van der Waals surface area contributed by atoms with Crippen LogP contribution in [0.2, 0.25) is 0 Å². The third-order valence-corrected chi connectivity index (χ3v) is 19.5. The molecular weight excluding hydrogens is 1390 g/mol. The van der Waals surface area contributed by atoms with Gasteiger partial charge in [0.25, 0.3) is 11.1 Å². The molecule has 0 saturated carbocycles. The van der Waals surface area contributed by atoms with Crippen LogP contribution in [-0.2, 0) is 112 Å². The van der Waals surface area contributed by atoms with Crippen molar-refractivity contribution in [1.82, 2.24) is 40.4 Å². The fraction of sp³-hybridized carbons (Fsp3) is 0.526. The second kappa shape index (κ2) is 37.3. The van der Waals surface area contributed by atoms with E-state index in [4.69, 9.17) is 25.5 Å². The lowest BCUT2D eigenvalue weighted by Gasteiger charge is -2.31. The molecule has 0 spiro atoms. The van der Waals surface area contributed by atoms with Crippen molar-refractivity contribution in [3.8, 4) is 22.8 Å². The molecule has 2 aromatic carbocycles. The monoisotopic (exact) mass is 1500 g/mol. The van der Waals surface area contributed by atoms with Gasteiger partial charge in [-0.3, -0.25) is 47.5 Å². The molecule has 0 saturated heterocycles. The van der Waals surface area contributed by atoms with E-state index in [1.165, 1.54) is 19.1 Å². The number of pyridine rings is 4. The minimum atomic E-state index is -1.95. The lowest BCUT2D eigenvalue weighted by Crippen LogP contribution is -2.44. The quantitative estimate of drug-likeness (QED) is 0.0110. The zero-order valence-electron chi connectivity index (χ0n) is 63.3. The number of ether oxygens (including phenoxy) is 4. The van der Waals surface area contributed by atoms with Crippen molar-refractivity contribution in [3.63, 3.8) is 0 Å². The molecule has 107 heavy (non-hydrogen) atoms. The number of aromatic nitrogens is 4. The number of halogens is 3. The zero-order chi connectivity index (χ0) is 79.3. The summed E-state index contributed by atoms with van der Waals surface area (Å²) in [4.78, 5) is 144. The number of benzene rings is 2.